The summed E-state index contributed by atoms with van der Waals surface area (Å²) >= 11 is 6.65. The average Bonchev–Trinajstić information content (AvgIpc) is 2.14. The Balaban J connectivity index is 3.44. The van der Waals surface area contributed by atoms with Crippen molar-refractivity contribution < 1.29 is 9.53 Å². The van der Waals surface area contributed by atoms with Gasteiger partial charge in [0.1, 0.15) is 0 Å². The van der Waals surface area contributed by atoms with Gasteiger partial charge in [-0.25, -0.2) is 4.79 Å². The van der Waals surface area contributed by atoms with E-state index in [0.29, 0.717) is 15.7 Å². The smallest absolute Gasteiger partial charge is 0.341 e. The number of anilines is 1. The summed E-state index contributed by atoms with van der Waals surface area (Å²) in [5.41, 5.74) is 7.38. The summed E-state index contributed by atoms with van der Waals surface area (Å²) in [6.07, 6.45) is 0. The summed E-state index contributed by atoms with van der Waals surface area (Å²) in [5.74, 6) is -0.440. The van der Waals surface area contributed by atoms with Crippen LogP contribution in [0.1, 0.15) is 15.9 Å². The van der Waals surface area contributed by atoms with E-state index in [1.54, 1.807) is 6.07 Å². The largest absolute Gasteiger partial charge is 0.465 e. The second-order valence-corrected chi connectivity index (χ2v) is 4.40. The highest BCUT2D eigenvalue weighted by Crippen LogP contribution is 2.32. The summed E-state index contributed by atoms with van der Waals surface area (Å²) in [6, 6.07) is 1.69. The molecule has 0 amide bonds. The van der Waals surface area contributed by atoms with Crippen LogP contribution in [-0.4, -0.2) is 13.1 Å². The van der Waals surface area contributed by atoms with Gasteiger partial charge in [-0.2, -0.15) is 0 Å². The summed E-state index contributed by atoms with van der Waals surface area (Å²) in [6.45, 7) is 1.88. The third kappa shape index (κ3) is 1.93. The van der Waals surface area contributed by atoms with Crippen LogP contribution < -0.4 is 5.73 Å². The van der Waals surface area contributed by atoms with Crippen molar-refractivity contribution in [3.05, 3.63) is 26.1 Å². The van der Waals surface area contributed by atoms with Gasteiger partial charge in [0, 0.05) is 14.6 Å². The lowest BCUT2D eigenvalue weighted by Crippen LogP contribution is -2.07. The predicted molar refractivity (Wildman–Crippen MR) is 62.3 cm³/mol. The number of carbonyl (C=O) groups is 1. The highest BCUT2D eigenvalue weighted by atomic mass is 79.9. The fourth-order valence-electron chi connectivity index (χ4n) is 1.05. The number of benzene rings is 1. The van der Waals surface area contributed by atoms with Crippen LogP contribution in [0.3, 0.4) is 0 Å². The van der Waals surface area contributed by atoms with Gasteiger partial charge in [0.25, 0.3) is 0 Å². The van der Waals surface area contributed by atoms with Crippen molar-refractivity contribution in [2.45, 2.75) is 6.92 Å². The number of ether oxygens (including phenoxy) is 1. The van der Waals surface area contributed by atoms with Crippen molar-refractivity contribution in [1.29, 1.82) is 0 Å². The van der Waals surface area contributed by atoms with E-state index >= 15 is 0 Å². The number of hydrogen-bond acceptors (Lipinski definition) is 3. The lowest BCUT2D eigenvalue weighted by molar-refractivity contribution is 0.0601. The van der Waals surface area contributed by atoms with Gasteiger partial charge in [0.2, 0.25) is 0 Å². The molecule has 3 nitrogen and oxygen atoms in total. The molecule has 0 aromatic heterocycles. The van der Waals surface area contributed by atoms with Gasteiger partial charge >= 0.3 is 5.97 Å². The van der Waals surface area contributed by atoms with E-state index in [2.05, 4.69) is 36.6 Å². The van der Waals surface area contributed by atoms with Crippen LogP contribution in [0.4, 0.5) is 5.69 Å². The van der Waals surface area contributed by atoms with Gasteiger partial charge in [-0.15, -0.1) is 0 Å². The first-order valence-electron chi connectivity index (χ1n) is 3.81. The van der Waals surface area contributed by atoms with E-state index < -0.39 is 5.97 Å². The molecule has 0 heterocycles. The molecule has 14 heavy (non-hydrogen) atoms. The van der Waals surface area contributed by atoms with Crippen molar-refractivity contribution in [3.63, 3.8) is 0 Å². The molecule has 0 fully saturated rings. The van der Waals surface area contributed by atoms with Gasteiger partial charge in [0.05, 0.1) is 12.7 Å². The van der Waals surface area contributed by atoms with Gasteiger partial charge in [-0.3, -0.25) is 0 Å². The molecule has 0 spiro atoms. The number of carbonyl (C=O) groups excluding carboxylic acids is 1. The summed E-state index contributed by atoms with van der Waals surface area (Å²) in [7, 11) is 1.32. The molecule has 0 atom stereocenters. The van der Waals surface area contributed by atoms with Crippen LogP contribution in [-0.2, 0) is 4.74 Å². The molecule has 5 heteroatoms. The molecule has 1 aromatic carbocycles. The lowest BCUT2D eigenvalue weighted by Gasteiger charge is -2.10. The second kappa shape index (κ2) is 4.31. The molecular weight excluding hydrogens is 314 g/mol. The Morgan fingerprint density at radius 2 is 2.07 bits per heavy atom. The molecule has 0 aliphatic rings. The van der Waals surface area contributed by atoms with E-state index in [9.17, 15) is 4.79 Å². The van der Waals surface area contributed by atoms with Crippen LogP contribution >= 0.6 is 31.9 Å². The van der Waals surface area contributed by atoms with Crippen molar-refractivity contribution in [2.75, 3.05) is 12.8 Å². The molecule has 0 unspecified atom stereocenters. The van der Waals surface area contributed by atoms with Crippen LogP contribution in [0.15, 0.2) is 15.0 Å². The summed E-state index contributed by atoms with van der Waals surface area (Å²) in [4.78, 5) is 11.4. The topological polar surface area (TPSA) is 52.3 Å². The Morgan fingerprint density at radius 3 is 2.57 bits per heavy atom. The zero-order chi connectivity index (χ0) is 10.9. The molecule has 0 radical (unpaired) electrons. The minimum absolute atomic E-state index is 0.369. The molecule has 0 saturated heterocycles. The molecule has 2 N–H and O–H groups in total. The van der Waals surface area contributed by atoms with Gasteiger partial charge in [0.15, 0.2) is 0 Å². The number of esters is 1. The minimum atomic E-state index is -0.440. The van der Waals surface area contributed by atoms with E-state index in [1.807, 2.05) is 6.92 Å². The standard InChI is InChI=1S/C9H9Br2NO2/c1-4-5(10)3-6(12)7(8(4)11)9(13)14-2/h3H,12H2,1-2H3. The maximum absolute atomic E-state index is 11.4. The number of nitrogens with two attached hydrogens (primary N) is 1. The molecule has 0 bridgehead atoms. The fourth-order valence-corrected chi connectivity index (χ4v) is 2.36. The van der Waals surface area contributed by atoms with E-state index in [-0.39, 0.29) is 0 Å². The van der Waals surface area contributed by atoms with Crippen molar-refractivity contribution in [1.82, 2.24) is 0 Å². The predicted octanol–water partition coefficient (Wildman–Crippen LogP) is 2.89. The highest BCUT2D eigenvalue weighted by molar-refractivity contribution is 9.11. The Kier molecular flexibility index (Phi) is 3.55. The van der Waals surface area contributed by atoms with Crippen LogP contribution in [0.2, 0.25) is 0 Å². The first kappa shape index (κ1) is 11.5. The third-order valence-corrected chi connectivity index (χ3v) is 3.68. The van der Waals surface area contributed by atoms with Crippen LogP contribution in [0, 0.1) is 6.92 Å². The van der Waals surface area contributed by atoms with E-state index in [0.717, 1.165) is 10.0 Å². The zero-order valence-corrected chi connectivity index (χ0v) is 10.9. The Hall–Kier alpha value is -0.550. The Morgan fingerprint density at radius 1 is 1.50 bits per heavy atom. The molecule has 76 valence electrons. The zero-order valence-electron chi connectivity index (χ0n) is 7.73. The molecule has 1 aromatic rings. The quantitative estimate of drug-likeness (QED) is 0.639. The maximum atomic E-state index is 11.4. The molecule has 0 saturated carbocycles. The van der Waals surface area contributed by atoms with Gasteiger partial charge in [-0.05, 0) is 34.5 Å². The van der Waals surface area contributed by atoms with Gasteiger partial charge < -0.3 is 10.5 Å². The second-order valence-electron chi connectivity index (χ2n) is 2.75. The highest BCUT2D eigenvalue weighted by Gasteiger charge is 2.17. The van der Waals surface area contributed by atoms with Crippen molar-refractivity contribution in [2.24, 2.45) is 0 Å². The Bertz CT molecular complexity index is 391. The van der Waals surface area contributed by atoms with Gasteiger partial charge in [-0.1, -0.05) is 15.9 Å². The van der Waals surface area contributed by atoms with Crippen molar-refractivity contribution in [3.8, 4) is 0 Å². The van der Waals surface area contributed by atoms with E-state index in [1.165, 1.54) is 7.11 Å². The molecule has 0 aliphatic heterocycles. The minimum Gasteiger partial charge on any atom is -0.465 e. The van der Waals surface area contributed by atoms with Crippen LogP contribution in [0.25, 0.3) is 0 Å². The summed E-state index contributed by atoms with van der Waals surface area (Å²) in [5, 5.41) is 0. The molecule has 0 aliphatic carbocycles. The lowest BCUT2D eigenvalue weighted by atomic mass is 10.1. The molecule has 1 rings (SSSR count). The summed E-state index contributed by atoms with van der Waals surface area (Å²) < 4.78 is 6.15. The fraction of sp³-hybridized carbons (Fsp3) is 0.222. The first-order valence-corrected chi connectivity index (χ1v) is 5.40. The number of rotatable bonds is 1. The number of hydrogen-bond donors (Lipinski definition) is 1. The van der Waals surface area contributed by atoms with Crippen LogP contribution in [0.5, 0.6) is 0 Å². The Labute approximate surface area is 98.9 Å². The number of nitrogen functional groups attached to an aromatic ring is 1. The number of methoxy groups -OCH3 is 1. The maximum Gasteiger partial charge on any atom is 0.341 e. The SMILES string of the molecule is COC(=O)c1c(N)cc(Br)c(C)c1Br. The van der Waals surface area contributed by atoms with E-state index in [4.69, 9.17) is 5.73 Å². The average molecular weight is 323 g/mol. The van der Waals surface area contributed by atoms with Crippen molar-refractivity contribution >= 4 is 43.5 Å². The normalized spacial score (nSPS) is 10.0. The first-order chi connectivity index (χ1) is 6.49. The third-order valence-electron chi connectivity index (χ3n) is 1.87. The number of halogens is 2. The molecular formula is C9H9Br2NO2. The monoisotopic (exact) mass is 321 g/mol.